The fourth-order valence-electron chi connectivity index (χ4n) is 2.04. The molecule has 104 valence electrons. The van der Waals surface area contributed by atoms with Crippen molar-refractivity contribution >= 4 is 0 Å². The van der Waals surface area contributed by atoms with Crippen LogP contribution in [0.25, 0.3) is 0 Å². The van der Waals surface area contributed by atoms with E-state index in [2.05, 4.69) is 23.4 Å². The zero-order valence-corrected chi connectivity index (χ0v) is 12.0. The normalized spacial score (nSPS) is 12.8. The van der Waals surface area contributed by atoms with Crippen molar-refractivity contribution in [1.82, 2.24) is 15.1 Å². The Balaban J connectivity index is 2.32. The molecular formula is C14H27N3O. The van der Waals surface area contributed by atoms with Gasteiger partial charge in [0.25, 0.3) is 0 Å². The first-order chi connectivity index (χ1) is 8.77. The highest BCUT2D eigenvalue weighted by atomic mass is 16.5. The predicted octanol–water partition coefficient (Wildman–Crippen LogP) is 2.15. The molecule has 1 aromatic heterocycles. The number of hydrogen-bond acceptors (Lipinski definition) is 3. The quantitative estimate of drug-likeness (QED) is 0.649. The van der Waals surface area contributed by atoms with Gasteiger partial charge in [-0.3, -0.25) is 4.68 Å². The van der Waals surface area contributed by atoms with Gasteiger partial charge in [0.15, 0.2) is 0 Å². The lowest BCUT2D eigenvalue weighted by molar-refractivity contribution is 0.135. The molecule has 0 aliphatic heterocycles. The summed E-state index contributed by atoms with van der Waals surface area (Å²) in [6, 6.07) is 2.64. The summed E-state index contributed by atoms with van der Waals surface area (Å²) < 4.78 is 7.40. The molecule has 0 radical (unpaired) electrons. The van der Waals surface area contributed by atoms with Gasteiger partial charge in [-0.1, -0.05) is 6.92 Å². The molecular weight excluding hydrogens is 226 g/mol. The number of hydrogen-bond donors (Lipinski definition) is 1. The largest absolute Gasteiger partial charge is 0.382 e. The van der Waals surface area contributed by atoms with Crippen molar-refractivity contribution in [3.8, 4) is 0 Å². The van der Waals surface area contributed by atoms with Gasteiger partial charge in [0.1, 0.15) is 0 Å². The van der Waals surface area contributed by atoms with E-state index >= 15 is 0 Å². The fourth-order valence-corrected chi connectivity index (χ4v) is 2.04. The lowest BCUT2D eigenvalue weighted by atomic mass is 10.1. The van der Waals surface area contributed by atoms with Gasteiger partial charge in [-0.05, 0) is 45.2 Å². The molecule has 0 saturated carbocycles. The van der Waals surface area contributed by atoms with E-state index in [1.165, 1.54) is 12.1 Å². The van der Waals surface area contributed by atoms with Crippen molar-refractivity contribution < 1.29 is 4.74 Å². The van der Waals surface area contributed by atoms with E-state index in [-0.39, 0.29) is 0 Å². The zero-order chi connectivity index (χ0) is 13.2. The minimum Gasteiger partial charge on any atom is -0.382 e. The molecule has 1 atom stereocenters. The molecule has 0 spiro atoms. The second-order valence-electron chi connectivity index (χ2n) is 4.62. The number of aryl methyl sites for hydroxylation is 2. The third-order valence-corrected chi connectivity index (χ3v) is 3.17. The van der Waals surface area contributed by atoms with E-state index in [0.29, 0.717) is 6.04 Å². The van der Waals surface area contributed by atoms with Crippen molar-refractivity contribution in [2.75, 3.05) is 19.8 Å². The van der Waals surface area contributed by atoms with Crippen LogP contribution in [0.2, 0.25) is 0 Å². The highest BCUT2D eigenvalue weighted by Crippen LogP contribution is 2.07. The van der Waals surface area contributed by atoms with Crippen molar-refractivity contribution in [1.29, 1.82) is 0 Å². The molecule has 0 fully saturated rings. The average Bonchev–Trinajstić information content (AvgIpc) is 2.78. The number of nitrogens with zero attached hydrogens (tertiary/aromatic N) is 2. The monoisotopic (exact) mass is 253 g/mol. The van der Waals surface area contributed by atoms with Crippen LogP contribution >= 0.6 is 0 Å². The molecule has 1 unspecified atom stereocenters. The molecule has 4 heteroatoms. The SMILES string of the molecule is CCCNC(CCOCC)CCc1ccnn1C. The van der Waals surface area contributed by atoms with Crippen molar-refractivity contribution in [3.05, 3.63) is 18.0 Å². The summed E-state index contributed by atoms with van der Waals surface area (Å²) in [6.07, 6.45) is 6.35. The average molecular weight is 253 g/mol. The summed E-state index contributed by atoms with van der Waals surface area (Å²) >= 11 is 0. The maximum absolute atomic E-state index is 5.45. The lowest BCUT2D eigenvalue weighted by Crippen LogP contribution is -2.31. The van der Waals surface area contributed by atoms with E-state index in [1.54, 1.807) is 0 Å². The van der Waals surface area contributed by atoms with E-state index in [4.69, 9.17) is 4.74 Å². The van der Waals surface area contributed by atoms with E-state index in [1.807, 2.05) is 24.9 Å². The van der Waals surface area contributed by atoms with Crippen LogP contribution in [0.1, 0.15) is 38.8 Å². The number of aromatic nitrogens is 2. The number of rotatable bonds is 10. The Bertz CT molecular complexity index is 312. The Kier molecular flexibility index (Phi) is 7.69. The van der Waals surface area contributed by atoms with Crippen LogP contribution < -0.4 is 5.32 Å². The minimum atomic E-state index is 0.548. The first-order valence-corrected chi connectivity index (χ1v) is 7.05. The van der Waals surface area contributed by atoms with Gasteiger partial charge in [0, 0.05) is 38.2 Å². The first kappa shape index (κ1) is 15.2. The highest BCUT2D eigenvalue weighted by molar-refractivity contribution is 5.00. The van der Waals surface area contributed by atoms with E-state index in [9.17, 15) is 0 Å². The molecule has 0 amide bonds. The van der Waals surface area contributed by atoms with Gasteiger partial charge in [0.05, 0.1) is 0 Å². The van der Waals surface area contributed by atoms with E-state index in [0.717, 1.165) is 39.0 Å². The Morgan fingerprint density at radius 3 is 2.83 bits per heavy atom. The second-order valence-corrected chi connectivity index (χ2v) is 4.62. The van der Waals surface area contributed by atoms with Gasteiger partial charge < -0.3 is 10.1 Å². The molecule has 1 N–H and O–H groups in total. The summed E-state index contributed by atoms with van der Waals surface area (Å²) in [5.41, 5.74) is 1.30. The van der Waals surface area contributed by atoms with Crippen molar-refractivity contribution in [2.24, 2.45) is 7.05 Å². The number of nitrogens with one attached hydrogen (secondary N) is 1. The smallest absolute Gasteiger partial charge is 0.0492 e. The predicted molar refractivity (Wildman–Crippen MR) is 74.7 cm³/mol. The van der Waals surface area contributed by atoms with Gasteiger partial charge in [-0.2, -0.15) is 5.10 Å². The van der Waals surface area contributed by atoms with Crippen LogP contribution in [0, 0.1) is 0 Å². The summed E-state index contributed by atoms with van der Waals surface area (Å²) in [7, 11) is 2.00. The number of ether oxygens (including phenoxy) is 1. The van der Waals surface area contributed by atoms with Gasteiger partial charge in [0.2, 0.25) is 0 Å². The Labute approximate surface area is 111 Å². The molecule has 1 heterocycles. The van der Waals surface area contributed by atoms with Crippen molar-refractivity contribution in [3.63, 3.8) is 0 Å². The topological polar surface area (TPSA) is 39.1 Å². The molecule has 18 heavy (non-hydrogen) atoms. The zero-order valence-electron chi connectivity index (χ0n) is 12.0. The van der Waals surface area contributed by atoms with Gasteiger partial charge in [-0.25, -0.2) is 0 Å². The molecule has 1 rings (SSSR count). The standard InChI is InChI=1S/C14H27N3O/c1-4-10-15-13(9-12-18-5-2)6-7-14-8-11-16-17(14)3/h8,11,13,15H,4-7,9-10,12H2,1-3H3. The van der Waals surface area contributed by atoms with Crippen LogP contribution in [0.15, 0.2) is 12.3 Å². The summed E-state index contributed by atoms with van der Waals surface area (Å²) in [5.74, 6) is 0. The molecule has 0 aliphatic rings. The third kappa shape index (κ3) is 5.65. The van der Waals surface area contributed by atoms with Crippen LogP contribution in [-0.4, -0.2) is 35.6 Å². The first-order valence-electron chi connectivity index (χ1n) is 7.05. The Morgan fingerprint density at radius 1 is 1.39 bits per heavy atom. The molecule has 4 nitrogen and oxygen atoms in total. The highest BCUT2D eigenvalue weighted by Gasteiger charge is 2.09. The molecule has 0 bridgehead atoms. The summed E-state index contributed by atoms with van der Waals surface area (Å²) in [5, 5.41) is 7.80. The van der Waals surface area contributed by atoms with Gasteiger partial charge in [-0.15, -0.1) is 0 Å². The summed E-state index contributed by atoms with van der Waals surface area (Å²) in [4.78, 5) is 0. The third-order valence-electron chi connectivity index (χ3n) is 3.17. The Morgan fingerprint density at radius 2 is 2.22 bits per heavy atom. The molecule has 0 saturated heterocycles. The van der Waals surface area contributed by atoms with Crippen molar-refractivity contribution in [2.45, 2.75) is 45.6 Å². The maximum atomic E-state index is 5.45. The maximum Gasteiger partial charge on any atom is 0.0492 e. The van der Waals surface area contributed by atoms with Crippen LogP contribution in [0.4, 0.5) is 0 Å². The fraction of sp³-hybridized carbons (Fsp3) is 0.786. The lowest BCUT2D eigenvalue weighted by Gasteiger charge is -2.18. The van der Waals surface area contributed by atoms with Crippen LogP contribution in [0.5, 0.6) is 0 Å². The molecule has 0 aliphatic carbocycles. The summed E-state index contributed by atoms with van der Waals surface area (Å²) in [6.45, 7) is 6.99. The molecule has 0 aromatic carbocycles. The van der Waals surface area contributed by atoms with Gasteiger partial charge >= 0.3 is 0 Å². The van der Waals surface area contributed by atoms with Crippen LogP contribution in [0.3, 0.4) is 0 Å². The van der Waals surface area contributed by atoms with Crippen LogP contribution in [-0.2, 0) is 18.2 Å². The molecule has 1 aromatic rings. The second kappa shape index (κ2) is 9.11. The van der Waals surface area contributed by atoms with E-state index < -0.39 is 0 Å². The minimum absolute atomic E-state index is 0.548. The Hall–Kier alpha value is -0.870.